The third kappa shape index (κ3) is 2.39. The van der Waals surface area contributed by atoms with Crippen LogP contribution < -0.4 is 5.32 Å². The molecule has 1 aliphatic rings. The lowest BCUT2D eigenvalue weighted by Crippen LogP contribution is -2.34. The number of furan rings is 1. The molecule has 2 rings (SSSR count). The molecule has 0 bridgehead atoms. The minimum absolute atomic E-state index is 0.00380. The fourth-order valence-corrected chi connectivity index (χ4v) is 1.77. The first-order chi connectivity index (χ1) is 7.27. The molecule has 1 amide bonds. The second-order valence-electron chi connectivity index (χ2n) is 3.91. The molecule has 4 nitrogen and oxygen atoms in total. The Hall–Kier alpha value is -1.29. The van der Waals surface area contributed by atoms with Crippen LogP contribution in [0.15, 0.2) is 22.8 Å². The van der Waals surface area contributed by atoms with Crippen LogP contribution in [0.2, 0.25) is 0 Å². The molecular formula is C11H16N2O2. The number of carbonyl (C=O) groups is 1. The Kier molecular flexibility index (Phi) is 3.06. The highest BCUT2D eigenvalue weighted by Gasteiger charge is 2.20. The highest BCUT2D eigenvalue weighted by atomic mass is 16.3. The predicted molar refractivity (Wildman–Crippen MR) is 56.7 cm³/mol. The number of hydrogen-bond acceptors (Lipinski definition) is 3. The molecule has 1 atom stereocenters. The summed E-state index contributed by atoms with van der Waals surface area (Å²) in [6.07, 6.45) is 2.53. The van der Waals surface area contributed by atoms with Crippen LogP contribution in [-0.4, -0.2) is 36.5 Å². The van der Waals surface area contributed by atoms with E-state index in [1.54, 1.807) is 12.1 Å². The fraction of sp³-hybridized carbons (Fsp3) is 0.545. The molecule has 0 radical (unpaired) electrons. The molecule has 1 aliphatic heterocycles. The lowest BCUT2D eigenvalue weighted by Gasteiger charge is -2.18. The smallest absolute Gasteiger partial charge is 0.289 e. The summed E-state index contributed by atoms with van der Waals surface area (Å²) in [5.74, 6) is 0.431. The maximum atomic E-state index is 11.9. The maximum Gasteiger partial charge on any atom is 0.289 e. The first kappa shape index (κ1) is 10.2. The van der Waals surface area contributed by atoms with Crippen LogP contribution in [0.5, 0.6) is 0 Å². The largest absolute Gasteiger partial charge is 0.459 e. The molecule has 1 unspecified atom stereocenters. The molecule has 1 aromatic rings. The maximum absolute atomic E-state index is 11.9. The van der Waals surface area contributed by atoms with Crippen molar-refractivity contribution >= 4 is 5.91 Å². The first-order valence-electron chi connectivity index (χ1n) is 5.33. The van der Waals surface area contributed by atoms with Crippen molar-refractivity contribution in [3.8, 4) is 0 Å². The molecule has 0 saturated carbocycles. The van der Waals surface area contributed by atoms with Gasteiger partial charge in [0.15, 0.2) is 5.76 Å². The number of hydrogen-bond donors (Lipinski definition) is 1. The zero-order valence-corrected chi connectivity index (χ0v) is 8.90. The van der Waals surface area contributed by atoms with Crippen molar-refractivity contribution in [3.05, 3.63) is 24.2 Å². The van der Waals surface area contributed by atoms with Crippen molar-refractivity contribution in [2.75, 3.05) is 19.6 Å². The Morgan fingerprint density at radius 1 is 1.60 bits per heavy atom. The van der Waals surface area contributed by atoms with E-state index >= 15 is 0 Å². The van der Waals surface area contributed by atoms with Gasteiger partial charge in [0.25, 0.3) is 5.91 Å². The fourth-order valence-electron chi connectivity index (χ4n) is 1.77. The summed E-state index contributed by atoms with van der Waals surface area (Å²) in [5.41, 5.74) is 0. The minimum atomic E-state index is -0.00380. The summed E-state index contributed by atoms with van der Waals surface area (Å²) in [4.78, 5) is 13.8. The summed E-state index contributed by atoms with van der Waals surface area (Å²) in [5, 5.41) is 3.35. The van der Waals surface area contributed by atoms with E-state index in [9.17, 15) is 4.79 Å². The van der Waals surface area contributed by atoms with E-state index in [4.69, 9.17) is 4.42 Å². The molecule has 0 aliphatic carbocycles. The zero-order valence-electron chi connectivity index (χ0n) is 8.90. The molecule has 4 heteroatoms. The van der Waals surface area contributed by atoms with Crippen LogP contribution in [0.3, 0.4) is 0 Å². The predicted octanol–water partition coefficient (Wildman–Crippen LogP) is 1.10. The van der Waals surface area contributed by atoms with Gasteiger partial charge in [0.1, 0.15) is 0 Å². The van der Waals surface area contributed by atoms with Gasteiger partial charge in [-0.3, -0.25) is 4.79 Å². The lowest BCUT2D eigenvalue weighted by molar-refractivity contribution is 0.0733. The molecule has 1 aromatic heterocycles. The summed E-state index contributed by atoms with van der Waals surface area (Å²) >= 11 is 0. The number of rotatable bonds is 1. The average Bonchev–Trinajstić information content (AvgIpc) is 2.67. The summed E-state index contributed by atoms with van der Waals surface area (Å²) in [6, 6.07) is 3.94. The van der Waals surface area contributed by atoms with Gasteiger partial charge in [-0.2, -0.15) is 0 Å². The van der Waals surface area contributed by atoms with E-state index in [0.29, 0.717) is 11.8 Å². The summed E-state index contributed by atoms with van der Waals surface area (Å²) < 4.78 is 5.10. The van der Waals surface area contributed by atoms with Crippen molar-refractivity contribution in [2.45, 2.75) is 19.4 Å². The SMILES string of the molecule is CC1CCN(C(=O)c2ccco2)CCN1. The third-order valence-electron chi connectivity index (χ3n) is 2.73. The third-order valence-corrected chi connectivity index (χ3v) is 2.73. The van der Waals surface area contributed by atoms with Gasteiger partial charge in [-0.05, 0) is 25.5 Å². The van der Waals surface area contributed by atoms with E-state index in [-0.39, 0.29) is 5.91 Å². The molecule has 2 heterocycles. The van der Waals surface area contributed by atoms with Crippen LogP contribution >= 0.6 is 0 Å². The molecule has 1 N–H and O–H groups in total. The van der Waals surface area contributed by atoms with Gasteiger partial charge >= 0.3 is 0 Å². The first-order valence-corrected chi connectivity index (χ1v) is 5.33. The number of nitrogens with zero attached hydrogens (tertiary/aromatic N) is 1. The van der Waals surface area contributed by atoms with Crippen LogP contribution in [0.25, 0.3) is 0 Å². The monoisotopic (exact) mass is 208 g/mol. The molecule has 0 aromatic carbocycles. The van der Waals surface area contributed by atoms with Crippen molar-refractivity contribution in [2.24, 2.45) is 0 Å². The Bertz CT molecular complexity index is 321. The summed E-state index contributed by atoms with van der Waals surface area (Å²) in [7, 11) is 0. The lowest BCUT2D eigenvalue weighted by atomic mass is 10.2. The highest BCUT2D eigenvalue weighted by molar-refractivity contribution is 5.91. The van der Waals surface area contributed by atoms with Gasteiger partial charge in [0.05, 0.1) is 6.26 Å². The van der Waals surface area contributed by atoms with Gasteiger partial charge in [-0.25, -0.2) is 0 Å². The minimum Gasteiger partial charge on any atom is -0.459 e. The average molecular weight is 208 g/mol. The molecule has 0 spiro atoms. The zero-order chi connectivity index (χ0) is 10.7. The van der Waals surface area contributed by atoms with E-state index in [1.807, 2.05) is 4.90 Å². The number of nitrogens with one attached hydrogen (secondary N) is 1. The van der Waals surface area contributed by atoms with E-state index in [2.05, 4.69) is 12.2 Å². The van der Waals surface area contributed by atoms with Gasteiger partial charge < -0.3 is 14.6 Å². The van der Waals surface area contributed by atoms with Crippen LogP contribution in [0.1, 0.15) is 23.9 Å². The highest BCUT2D eigenvalue weighted by Crippen LogP contribution is 2.08. The summed E-state index contributed by atoms with van der Waals surface area (Å²) in [6.45, 7) is 4.55. The van der Waals surface area contributed by atoms with Crippen molar-refractivity contribution in [1.29, 1.82) is 0 Å². The van der Waals surface area contributed by atoms with Crippen LogP contribution in [0.4, 0.5) is 0 Å². The van der Waals surface area contributed by atoms with Gasteiger partial charge in [0.2, 0.25) is 0 Å². The standard InChI is InChI=1S/C11H16N2O2/c1-9-4-6-13(7-5-12-9)11(14)10-3-2-8-15-10/h2-3,8-9,12H,4-7H2,1H3. The normalized spacial score (nSPS) is 22.5. The molecular weight excluding hydrogens is 192 g/mol. The van der Waals surface area contributed by atoms with Gasteiger partial charge in [-0.15, -0.1) is 0 Å². The van der Waals surface area contributed by atoms with Crippen molar-refractivity contribution in [3.63, 3.8) is 0 Å². The Labute approximate surface area is 89.2 Å². The molecule has 15 heavy (non-hydrogen) atoms. The Morgan fingerprint density at radius 2 is 2.47 bits per heavy atom. The van der Waals surface area contributed by atoms with E-state index < -0.39 is 0 Å². The molecule has 1 fully saturated rings. The molecule has 82 valence electrons. The Balaban J connectivity index is 2.01. The second-order valence-corrected chi connectivity index (χ2v) is 3.91. The number of carbonyl (C=O) groups excluding carboxylic acids is 1. The van der Waals surface area contributed by atoms with Crippen molar-refractivity contribution in [1.82, 2.24) is 10.2 Å². The topological polar surface area (TPSA) is 45.5 Å². The van der Waals surface area contributed by atoms with Gasteiger partial charge in [-0.1, -0.05) is 0 Å². The van der Waals surface area contributed by atoms with E-state index in [1.165, 1.54) is 6.26 Å². The van der Waals surface area contributed by atoms with Gasteiger partial charge in [0, 0.05) is 25.7 Å². The van der Waals surface area contributed by atoms with Crippen LogP contribution in [0, 0.1) is 0 Å². The van der Waals surface area contributed by atoms with E-state index in [0.717, 1.165) is 26.1 Å². The number of amides is 1. The van der Waals surface area contributed by atoms with Crippen LogP contribution in [-0.2, 0) is 0 Å². The quantitative estimate of drug-likeness (QED) is 0.751. The second kappa shape index (κ2) is 4.49. The molecule has 1 saturated heterocycles. The Morgan fingerprint density at radius 3 is 3.20 bits per heavy atom. The van der Waals surface area contributed by atoms with Crippen molar-refractivity contribution < 1.29 is 9.21 Å².